The number of fused-ring (bicyclic) bond motifs is 1. The average Bonchev–Trinajstić information content (AvgIpc) is 2.45. The van der Waals surface area contributed by atoms with Crippen LogP contribution >= 0.6 is 0 Å². The fourth-order valence-corrected chi connectivity index (χ4v) is 2.19. The molecule has 0 aliphatic heterocycles. The number of ether oxygens (including phenoxy) is 1. The average molecular weight is 286 g/mol. The van der Waals surface area contributed by atoms with Crippen LogP contribution in [0.4, 0.5) is 0 Å². The van der Waals surface area contributed by atoms with Gasteiger partial charge in [0, 0.05) is 10.9 Å². The Bertz CT molecular complexity index is 560. The molecule has 0 aliphatic carbocycles. The zero-order valence-electron chi connectivity index (χ0n) is 13.4. The zero-order valence-corrected chi connectivity index (χ0v) is 13.4. The molecule has 1 heterocycles. The van der Waals surface area contributed by atoms with Gasteiger partial charge in [0.2, 0.25) is 0 Å². The van der Waals surface area contributed by atoms with Gasteiger partial charge in [-0.15, -0.1) is 0 Å². The van der Waals surface area contributed by atoms with Crippen molar-refractivity contribution in [2.24, 2.45) is 0 Å². The summed E-state index contributed by atoms with van der Waals surface area (Å²) in [4.78, 5) is 4.40. The molecule has 0 spiro atoms. The molecule has 0 unspecified atom stereocenters. The fourth-order valence-electron chi connectivity index (χ4n) is 2.19. The standard InChI is InChI=1S/C18H26N2O/c1-18(2,3)20-11-7-4-8-12-21-16-13-15-9-5-6-10-17(15)19-14-16/h5-6,9-10,13-14,20H,4,7-8,11-12H2,1-3H3. The molecule has 0 amide bonds. The quantitative estimate of drug-likeness (QED) is 0.776. The van der Waals surface area contributed by atoms with Gasteiger partial charge in [-0.05, 0) is 58.7 Å². The van der Waals surface area contributed by atoms with Crippen molar-refractivity contribution in [1.82, 2.24) is 10.3 Å². The molecular formula is C18H26N2O. The van der Waals surface area contributed by atoms with Gasteiger partial charge in [-0.25, -0.2) is 0 Å². The van der Waals surface area contributed by atoms with Gasteiger partial charge in [0.1, 0.15) is 5.75 Å². The van der Waals surface area contributed by atoms with Crippen LogP contribution in [0.25, 0.3) is 10.9 Å². The van der Waals surface area contributed by atoms with E-state index in [1.165, 1.54) is 12.8 Å². The molecule has 114 valence electrons. The first-order valence-electron chi connectivity index (χ1n) is 7.77. The highest BCUT2D eigenvalue weighted by atomic mass is 16.5. The lowest BCUT2D eigenvalue weighted by Gasteiger charge is -2.20. The molecule has 0 bridgehead atoms. The Labute approximate surface area is 127 Å². The number of pyridine rings is 1. The van der Waals surface area contributed by atoms with Crippen LogP contribution in [0.3, 0.4) is 0 Å². The van der Waals surface area contributed by atoms with E-state index in [1.54, 1.807) is 0 Å². The van der Waals surface area contributed by atoms with Gasteiger partial charge in [-0.2, -0.15) is 0 Å². The van der Waals surface area contributed by atoms with Crippen molar-refractivity contribution < 1.29 is 4.74 Å². The second-order valence-electron chi connectivity index (χ2n) is 6.45. The van der Waals surface area contributed by atoms with Crippen LogP contribution in [-0.2, 0) is 0 Å². The SMILES string of the molecule is CC(C)(C)NCCCCCOc1cnc2ccccc2c1. The Kier molecular flexibility index (Phi) is 5.57. The lowest BCUT2D eigenvalue weighted by Crippen LogP contribution is -2.36. The van der Waals surface area contributed by atoms with Gasteiger partial charge < -0.3 is 10.1 Å². The Balaban J connectivity index is 1.66. The highest BCUT2D eigenvalue weighted by Gasteiger charge is 2.06. The summed E-state index contributed by atoms with van der Waals surface area (Å²) in [7, 11) is 0. The molecular weight excluding hydrogens is 260 g/mol. The van der Waals surface area contributed by atoms with Crippen LogP contribution in [0.2, 0.25) is 0 Å². The van der Waals surface area contributed by atoms with E-state index in [9.17, 15) is 0 Å². The molecule has 1 aromatic heterocycles. The molecule has 3 nitrogen and oxygen atoms in total. The molecule has 2 rings (SSSR count). The van der Waals surface area contributed by atoms with E-state index in [0.29, 0.717) is 0 Å². The Morgan fingerprint density at radius 1 is 1.10 bits per heavy atom. The first-order chi connectivity index (χ1) is 10.0. The minimum absolute atomic E-state index is 0.216. The van der Waals surface area contributed by atoms with Gasteiger partial charge in [0.15, 0.2) is 0 Å². The molecule has 0 fully saturated rings. The summed E-state index contributed by atoms with van der Waals surface area (Å²) in [5.41, 5.74) is 1.23. The zero-order chi connectivity index (χ0) is 15.1. The van der Waals surface area contributed by atoms with E-state index in [-0.39, 0.29) is 5.54 Å². The van der Waals surface area contributed by atoms with E-state index in [4.69, 9.17) is 4.74 Å². The maximum absolute atomic E-state index is 5.78. The largest absolute Gasteiger partial charge is 0.492 e. The van der Waals surface area contributed by atoms with E-state index in [1.807, 2.05) is 24.4 Å². The molecule has 0 saturated heterocycles. The van der Waals surface area contributed by atoms with Crippen molar-refractivity contribution in [2.75, 3.05) is 13.2 Å². The van der Waals surface area contributed by atoms with Gasteiger partial charge in [0.25, 0.3) is 0 Å². The summed E-state index contributed by atoms with van der Waals surface area (Å²) in [6.07, 6.45) is 5.27. The number of hydrogen-bond acceptors (Lipinski definition) is 3. The van der Waals surface area contributed by atoms with Crippen LogP contribution in [0.15, 0.2) is 36.5 Å². The minimum atomic E-state index is 0.216. The third-order valence-electron chi connectivity index (χ3n) is 3.31. The summed E-state index contributed by atoms with van der Waals surface area (Å²) < 4.78 is 5.78. The van der Waals surface area contributed by atoms with Gasteiger partial charge in [-0.1, -0.05) is 18.2 Å². The number of nitrogens with zero attached hydrogens (tertiary/aromatic N) is 1. The predicted octanol–water partition coefficient (Wildman–Crippen LogP) is 4.17. The number of nitrogens with one attached hydrogen (secondary N) is 1. The number of aromatic nitrogens is 1. The molecule has 0 saturated carbocycles. The van der Waals surface area contributed by atoms with E-state index >= 15 is 0 Å². The van der Waals surface area contributed by atoms with Crippen molar-refractivity contribution in [2.45, 2.75) is 45.6 Å². The Hall–Kier alpha value is -1.61. The van der Waals surface area contributed by atoms with E-state index in [0.717, 1.165) is 36.2 Å². The number of benzene rings is 1. The maximum atomic E-state index is 5.78. The summed E-state index contributed by atoms with van der Waals surface area (Å²) in [5, 5.41) is 4.63. The van der Waals surface area contributed by atoms with E-state index in [2.05, 4.69) is 43.2 Å². The summed E-state index contributed by atoms with van der Waals surface area (Å²) >= 11 is 0. The fraction of sp³-hybridized carbons (Fsp3) is 0.500. The van der Waals surface area contributed by atoms with Crippen LogP contribution in [-0.4, -0.2) is 23.7 Å². The number of hydrogen-bond donors (Lipinski definition) is 1. The van der Waals surface area contributed by atoms with Gasteiger partial charge in [0.05, 0.1) is 18.3 Å². The smallest absolute Gasteiger partial charge is 0.138 e. The third kappa shape index (κ3) is 5.72. The lowest BCUT2D eigenvalue weighted by atomic mass is 10.1. The lowest BCUT2D eigenvalue weighted by molar-refractivity contribution is 0.302. The molecule has 21 heavy (non-hydrogen) atoms. The van der Waals surface area contributed by atoms with Crippen molar-refractivity contribution in [3.8, 4) is 5.75 Å². The maximum Gasteiger partial charge on any atom is 0.138 e. The topological polar surface area (TPSA) is 34.1 Å². The van der Waals surface area contributed by atoms with Crippen LogP contribution in [0.1, 0.15) is 40.0 Å². The van der Waals surface area contributed by atoms with Crippen molar-refractivity contribution in [3.63, 3.8) is 0 Å². The summed E-state index contributed by atoms with van der Waals surface area (Å²) in [6, 6.07) is 10.2. The molecule has 1 aromatic carbocycles. The van der Waals surface area contributed by atoms with Crippen molar-refractivity contribution in [1.29, 1.82) is 0 Å². The molecule has 1 N–H and O–H groups in total. The summed E-state index contributed by atoms with van der Waals surface area (Å²) in [6.45, 7) is 8.42. The monoisotopic (exact) mass is 286 g/mol. The van der Waals surface area contributed by atoms with Gasteiger partial charge >= 0.3 is 0 Å². The van der Waals surface area contributed by atoms with Crippen LogP contribution in [0, 0.1) is 0 Å². The Morgan fingerprint density at radius 2 is 1.90 bits per heavy atom. The van der Waals surface area contributed by atoms with Gasteiger partial charge in [-0.3, -0.25) is 4.98 Å². The highest BCUT2D eigenvalue weighted by Crippen LogP contribution is 2.18. The predicted molar refractivity (Wildman–Crippen MR) is 88.8 cm³/mol. The molecule has 2 aromatic rings. The number of para-hydroxylation sites is 1. The normalized spacial score (nSPS) is 11.8. The first-order valence-corrected chi connectivity index (χ1v) is 7.77. The second kappa shape index (κ2) is 7.41. The Morgan fingerprint density at radius 3 is 2.71 bits per heavy atom. The van der Waals surface area contributed by atoms with Crippen molar-refractivity contribution >= 4 is 10.9 Å². The summed E-state index contributed by atoms with van der Waals surface area (Å²) in [5.74, 6) is 0.863. The van der Waals surface area contributed by atoms with Crippen LogP contribution in [0.5, 0.6) is 5.75 Å². The number of unbranched alkanes of at least 4 members (excludes halogenated alkanes) is 2. The first kappa shape index (κ1) is 15.8. The molecule has 0 atom stereocenters. The molecule has 0 radical (unpaired) electrons. The molecule has 3 heteroatoms. The van der Waals surface area contributed by atoms with Crippen LogP contribution < -0.4 is 10.1 Å². The third-order valence-corrected chi connectivity index (χ3v) is 3.31. The second-order valence-corrected chi connectivity index (χ2v) is 6.45. The minimum Gasteiger partial charge on any atom is -0.492 e. The van der Waals surface area contributed by atoms with E-state index < -0.39 is 0 Å². The number of rotatable bonds is 7. The van der Waals surface area contributed by atoms with Crippen molar-refractivity contribution in [3.05, 3.63) is 36.5 Å². The molecule has 0 aliphatic rings. The highest BCUT2D eigenvalue weighted by molar-refractivity contribution is 5.79.